The van der Waals surface area contributed by atoms with Gasteiger partial charge in [-0.15, -0.1) is 11.6 Å². The molecule has 1 saturated carbocycles. The average molecular weight is 256 g/mol. The van der Waals surface area contributed by atoms with Crippen molar-refractivity contribution in [1.82, 2.24) is 14.8 Å². The molecule has 0 radical (unpaired) electrons. The van der Waals surface area contributed by atoms with Gasteiger partial charge in [0.2, 0.25) is 0 Å². The average Bonchev–Trinajstić information content (AvgIpc) is 2.75. The van der Waals surface area contributed by atoms with Gasteiger partial charge in [0.15, 0.2) is 0 Å². The van der Waals surface area contributed by atoms with Gasteiger partial charge in [0, 0.05) is 18.3 Å². The molecule has 1 heterocycles. The topological polar surface area (TPSA) is 30.7 Å². The molecule has 2 rings (SSSR count). The first-order valence-electron chi connectivity index (χ1n) is 6.49. The van der Waals surface area contributed by atoms with Crippen LogP contribution in [-0.4, -0.2) is 20.1 Å². The Morgan fingerprint density at radius 1 is 1.59 bits per heavy atom. The summed E-state index contributed by atoms with van der Waals surface area (Å²) in [6.07, 6.45) is 6.12. The molecule has 1 aromatic heterocycles. The minimum absolute atomic E-state index is 0.314. The molecule has 0 amide bonds. The molecule has 17 heavy (non-hydrogen) atoms. The number of hydrogen-bond donors (Lipinski definition) is 0. The Bertz CT molecular complexity index is 374. The highest BCUT2D eigenvalue weighted by Gasteiger charge is 2.35. The lowest BCUT2D eigenvalue weighted by atomic mass is 9.85. The van der Waals surface area contributed by atoms with Crippen molar-refractivity contribution in [2.24, 2.45) is 11.3 Å². The lowest BCUT2D eigenvalue weighted by Gasteiger charge is -2.23. The zero-order chi connectivity index (χ0) is 12.5. The normalized spacial score (nSPS) is 29.1. The molecule has 4 heteroatoms. The second-order valence-electron chi connectivity index (χ2n) is 6.08. The SMILES string of the molecule is CC(C)Cn1ncnc1CC1(C)CCC(Cl)C1. The van der Waals surface area contributed by atoms with Gasteiger partial charge in [-0.25, -0.2) is 9.67 Å². The summed E-state index contributed by atoms with van der Waals surface area (Å²) >= 11 is 6.22. The molecule has 2 unspecified atom stereocenters. The second-order valence-corrected chi connectivity index (χ2v) is 6.70. The Morgan fingerprint density at radius 3 is 2.94 bits per heavy atom. The fourth-order valence-corrected chi connectivity index (χ4v) is 3.19. The molecule has 0 saturated heterocycles. The predicted molar refractivity (Wildman–Crippen MR) is 70.2 cm³/mol. The van der Waals surface area contributed by atoms with Crippen molar-refractivity contribution in [3.63, 3.8) is 0 Å². The van der Waals surface area contributed by atoms with Crippen LogP contribution in [0.5, 0.6) is 0 Å². The highest BCUT2D eigenvalue weighted by Crippen LogP contribution is 2.42. The zero-order valence-electron chi connectivity index (χ0n) is 11.0. The first-order chi connectivity index (χ1) is 7.98. The van der Waals surface area contributed by atoms with Gasteiger partial charge in [0.25, 0.3) is 0 Å². The fourth-order valence-electron chi connectivity index (χ4n) is 2.71. The third kappa shape index (κ3) is 3.21. The van der Waals surface area contributed by atoms with Crippen LogP contribution in [0.2, 0.25) is 0 Å². The number of alkyl halides is 1. The lowest BCUT2D eigenvalue weighted by molar-refractivity contribution is 0.315. The predicted octanol–water partition coefficient (Wildman–Crippen LogP) is 3.27. The Morgan fingerprint density at radius 2 is 2.35 bits per heavy atom. The van der Waals surface area contributed by atoms with E-state index < -0.39 is 0 Å². The van der Waals surface area contributed by atoms with E-state index in [0.29, 0.717) is 16.7 Å². The molecule has 1 fully saturated rings. The fraction of sp³-hybridized carbons (Fsp3) is 0.846. The summed E-state index contributed by atoms with van der Waals surface area (Å²) in [7, 11) is 0. The highest BCUT2D eigenvalue weighted by atomic mass is 35.5. The van der Waals surface area contributed by atoms with E-state index in [4.69, 9.17) is 11.6 Å². The van der Waals surface area contributed by atoms with Gasteiger partial charge in [0.1, 0.15) is 12.2 Å². The van der Waals surface area contributed by atoms with Gasteiger partial charge < -0.3 is 0 Å². The minimum atomic E-state index is 0.314. The van der Waals surface area contributed by atoms with Crippen molar-refractivity contribution in [3.8, 4) is 0 Å². The third-order valence-corrected chi connectivity index (χ3v) is 3.97. The minimum Gasteiger partial charge on any atom is -0.250 e. The first-order valence-corrected chi connectivity index (χ1v) is 6.93. The van der Waals surface area contributed by atoms with Crippen molar-refractivity contribution in [2.75, 3.05) is 0 Å². The van der Waals surface area contributed by atoms with Crippen LogP contribution in [0, 0.1) is 11.3 Å². The maximum atomic E-state index is 6.22. The molecule has 0 aliphatic heterocycles. The molecule has 1 aliphatic rings. The number of hydrogen-bond acceptors (Lipinski definition) is 2. The molecular weight excluding hydrogens is 234 g/mol. The summed E-state index contributed by atoms with van der Waals surface area (Å²) in [6.45, 7) is 7.69. The van der Waals surface area contributed by atoms with E-state index in [1.807, 2.05) is 0 Å². The summed E-state index contributed by atoms with van der Waals surface area (Å²) < 4.78 is 2.05. The van der Waals surface area contributed by atoms with Gasteiger partial charge in [-0.05, 0) is 30.6 Å². The van der Waals surface area contributed by atoms with E-state index in [0.717, 1.165) is 31.6 Å². The Labute approximate surface area is 109 Å². The van der Waals surface area contributed by atoms with E-state index in [2.05, 4.69) is 35.5 Å². The quantitative estimate of drug-likeness (QED) is 0.773. The maximum absolute atomic E-state index is 6.22. The van der Waals surface area contributed by atoms with Crippen molar-refractivity contribution in [3.05, 3.63) is 12.2 Å². The lowest BCUT2D eigenvalue weighted by Crippen LogP contribution is -2.20. The summed E-state index contributed by atoms with van der Waals surface area (Å²) in [5.41, 5.74) is 0.314. The van der Waals surface area contributed by atoms with Crippen molar-refractivity contribution >= 4 is 11.6 Å². The monoisotopic (exact) mass is 255 g/mol. The summed E-state index contributed by atoms with van der Waals surface area (Å²) in [5.74, 6) is 1.72. The van der Waals surface area contributed by atoms with Gasteiger partial charge in [-0.3, -0.25) is 0 Å². The standard InChI is InChI=1S/C13H22ClN3/c1-10(2)8-17-12(15-9-16-17)7-13(3)5-4-11(14)6-13/h9-11H,4-8H2,1-3H3. The molecular formula is C13H22ClN3. The van der Waals surface area contributed by atoms with E-state index in [1.54, 1.807) is 6.33 Å². The van der Waals surface area contributed by atoms with Crippen LogP contribution in [0.15, 0.2) is 6.33 Å². The van der Waals surface area contributed by atoms with Crippen LogP contribution < -0.4 is 0 Å². The van der Waals surface area contributed by atoms with E-state index in [9.17, 15) is 0 Å². The van der Waals surface area contributed by atoms with Gasteiger partial charge in [-0.1, -0.05) is 20.8 Å². The molecule has 0 spiro atoms. The van der Waals surface area contributed by atoms with Crippen LogP contribution in [0.3, 0.4) is 0 Å². The van der Waals surface area contributed by atoms with E-state index in [-0.39, 0.29) is 0 Å². The van der Waals surface area contributed by atoms with E-state index in [1.165, 1.54) is 6.42 Å². The van der Waals surface area contributed by atoms with Gasteiger partial charge >= 0.3 is 0 Å². The maximum Gasteiger partial charge on any atom is 0.138 e. The Hall–Kier alpha value is -0.570. The number of nitrogens with zero attached hydrogens (tertiary/aromatic N) is 3. The number of aromatic nitrogens is 3. The van der Waals surface area contributed by atoms with Gasteiger partial charge in [-0.2, -0.15) is 5.10 Å². The molecule has 1 aromatic rings. The van der Waals surface area contributed by atoms with Crippen LogP contribution >= 0.6 is 11.6 Å². The zero-order valence-corrected chi connectivity index (χ0v) is 11.7. The number of halogens is 1. The smallest absolute Gasteiger partial charge is 0.138 e. The molecule has 0 aromatic carbocycles. The van der Waals surface area contributed by atoms with Crippen LogP contribution in [0.4, 0.5) is 0 Å². The Kier molecular flexibility index (Phi) is 3.76. The molecule has 0 N–H and O–H groups in total. The van der Waals surface area contributed by atoms with Crippen LogP contribution in [0.1, 0.15) is 45.9 Å². The van der Waals surface area contributed by atoms with Crippen LogP contribution in [-0.2, 0) is 13.0 Å². The summed E-state index contributed by atoms with van der Waals surface area (Å²) in [5, 5.41) is 4.67. The molecule has 2 atom stereocenters. The van der Waals surface area contributed by atoms with E-state index >= 15 is 0 Å². The van der Waals surface area contributed by atoms with Crippen molar-refractivity contribution < 1.29 is 0 Å². The van der Waals surface area contributed by atoms with Crippen molar-refractivity contribution in [2.45, 2.75) is 58.4 Å². The largest absolute Gasteiger partial charge is 0.250 e. The van der Waals surface area contributed by atoms with Crippen molar-refractivity contribution in [1.29, 1.82) is 0 Å². The van der Waals surface area contributed by atoms with Gasteiger partial charge in [0.05, 0.1) is 0 Å². The molecule has 96 valence electrons. The second kappa shape index (κ2) is 4.97. The first kappa shape index (κ1) is 12.9. The summed E-state index contributed by atoms with van der Waals surface area (Å²) in [4.78, 5) is 4.41. The highest BCUT2D eigenvalue weighted by molar-refractivity contribution is 6.20. The molecule has 3 nitrogen and oxygen atoms in total. The van der Waals surface area contributed by atoms with Crippen LogP contribution in [0.25, 0.3) is 0 Å². The third-order valence-electron chi connectivity index (χ3n) is 3.59. The molecule has 1 aliphatic carbocycles. The molecule has 0 bridgehead atoms. The Balaban J connectivity index is 2.06. The number of rotatable bonds is 4. The summed E-state index contributed by atoms with van der Waals surface area (Å²) in [6, 6.07) is 0.